The lowest BCUT2D eigenvalue weighted by Gasteiger charge is -2.20. The summed E-state index contributed by atoms with van der Waals surface area (Å²) in [6, 6.07) is 11.5. The summed E-state index contributed by atoms with van der Waals surface area (Å²) in [6.07, 6.45) is 0. The number of rotatable bonds is 4. The van der Waals surface area contributed by atoms with Crippen LogP contribution in [0.3, 0.4) is 0 Å². The first-order chi connectivity index (χ1) is 9.60. The summed E-state index contributed by atoms with van der Waals surface area (Å²) in [5, 5.41) is 0. The quantitative estimate of drug-likeness (QED) is 0.798. The third-order valence-corrected chi connectivity index (χ3v) is 3.31. The Labute approximate surface area is 125 Å². The van der Waals surface area contributed by atoms with Crippen molar-refractivity contribution in [3.05, 3.63) is 64.1 Å². The van der Waals surface area contributed by atoms with Crippen LogP contribution >= 0.6 is 15.9 Å². The molecule has 0 saturated carbocycles. The predicted octanol–water partition coefficient (Wildman–Crippen LogP) is 3.65. The normalized spacial score (nSPS) is 10.3. The average Bonchev–Trinajstić information content (AvgIpc) is 2.44. The average molecular weight is 337 g/mol. The maximum absolute atomic E-state index is 13.2. The smallest absolute Gasteiger partial charge is 0.272 e. The van der Waals surface area contributed by atoms with Crippen LogP contribution in [0.4, 0.5) is 4.39 Å². The highest BCUT2D eigenvalue weighted by Gasteiger charge is 2.16. The van der Waals surface area contributed by atoms with Gasteiger partial charge in [0.25, 0.3) is 5.91 Å². The number of nitrogens with zero attached hydrogens (tertiary/aromatic N) is 2. The second-order valence-electron chi connectivity index (χ2n) is 4.29. The molecule has 0 radical (unpaired) electrons. The van der Waals surface area contributed by atoms with Crippen molar-refractivity contribution in [2.45, 2.75) is 13.5 Å². The molecular formula is C15H14BrFN2O. The zero-order valence-electron chi connectivity index (χ0n) is 11.0. The Kier molecular flexibility index (Phi) is 4.84. The van der Waals surface area contributed by atoms with Gasteiger partial charge < -0.3 is 4.90 Å². The van der Waals surface area contributed by atoms with Crippen LogP contribution in [0.5, 0.6) is 0 Å². The molecule has 1 heterocycles. The van der Waals surface area contributed by atoms with Crippen LogP contribution in [0, 0.1) is 5.82 Å². The molecule has 0 atom stereocenters. The maximum Gasteiger partial charge on any atom is 0.272 e. The summed E-state index contributed by atoms with van der Waals surface area (Å²) in [5.41, 5.74) is 1.13. The van der Waals surface area contributed by atoms with E-state index in [2.05, 4.69) is 20.9 Å². The van der Waals surface area contributed by atoms with Crippen LogP contribution in [0.1, 0.15) is 23.0 Å². The van der Waals surface area contributed by atoms with E-state index in [0.29, 0.717) is 23.4 Å². The van der Waals surface area contributed by atoms with Crippen molar-refractivity contribution in [2.24, 2.45) is 0 Å². The fourth-order valence-electron chi connectivity index (χ4n) is 1.87. The molecular weight excluding hydrogens is 323 g/mol. The minimum absolute atomic E-state index is 0.168. The highest BCUT2D eigenvalue weighted by atomic mass is 79.9. The van der Waals surface area contributed by atoms with Gasteiger partial charge in [0.1, 0.15) is 16.1 Å². The van der Waals surface area contributed by atoms with Crippen molar-refractivity contribution in [3.8, 4) is 0 Å². The molecule has 2 aromatic rings. The molecule has 2 rings (SSSR count). The van der Waals surface area contributed by atoms with Gasteiger partial charge in [-0.2, -0.15) is 0 Å². The van der Waals surface area contributed by atoms with Crippen LogP contribution in [0.2, 0.25) is 0 Å². The molecule has 0 bridgehead atoms. The summed E-state index contributed by atoms with van der Waals surface area (Å²) in [5.74, 6) is -0.468. The van der Waals surface area contributed by atoms with E-state index >= 15 is 0 Å². The van der Waals surface area contributed by atoms with Crippen LogP contribution in [0.25, 0.3) is 0 Å². The molecule has 0 saturated heterocycles. The molecule has 0 aliphatic heterocycles. The summed E-state index contributed by atoms with van der Waals surface area (Å²) in [6.45, 7) is 2.78. The zero-order chi connectivity index (χ0) is 14.5. The molecule has 1 amide bonds. The van der Waals surface area contributed by atoms with Gasteiger partial charge in [0, 0.05) is 13.1 Å². The van der Waals surface area contributed by atoms with E-state index in [1.54, 1.807) is 35.2 Å². The number of benzene rings is 1. The molecule has 1 aromatic heterocycles. The van der Waals surface area contributed by atoms with Gasteiger partial charge in [-0.3, -0.25) is 4.79 Å². The number of carbonyl (C=O) groups excluding carboxylic acids is 1. The van der Waals surface area contributed by atoms with Crippen molar-refractivity contribution >= 4 is 21.8 Å². The number of hydrogen-bond acceptors (Lipinski definition) is 2. The zero-order valence-corrected chi connectivity index (χ0v) is 12.6. The number of halogens is 2. The fraction of sp³-hybridized carbons (Fsp3) is 0.200. The maximum atomic E-state index is 13.2. The minimum atomic E-state index is -0.299. The molecule has 0 fully saturated rings. The molecule has 0 spiro atoms. The first kappa shape index (κ1) is 14.7. The van der Waals surface area contributed by atoms with Crippen molar-refractivity contribution in [1.29, 1.82) is 0 Å². The number of aromatic nitrogens is 1. The van der Waals surface area contributed by atoms with E-state index in [1.807, 2.05) is 6.92 Å². The minimum Gasteiger partial charge on any atom is -0.333 e. The summed E-state index contributed by atoms with van der Waals surface area (Å²) >= 11 is 3.25. The van der Waals surface area contributed by atoms with Gasteiger partial charge in [-0.15, -0.1) is 0 Å². The van der Waals surface area contributed by atoms with E-state index in [-0.39, 0.29) is 11.7 Å². The lowest BCUT2D eigenvalue weighted by molar-refractivity contribution is 0.0746. The summed E-state index contributed by atoms with van der Waals surface area (Å²) < 4.78 is 13.8. The van der Waals surface area contributed by atoms with Gasteiger partial charge in [0.2, 0.25) is 0 Å². The highest BCUT2D eigenvalue weighted by Crippen LogP contribution is 2.12. The van der Waals surface area contributed by atoms with E-state index in [1.165, 1.54) is 12.1 Å². The highest BCUT2D eigenvalue weighted by molar-refractivity contribution is 9.10. The van der Waals surface area contributed by atoms with Crippen molar-refractivity contribution in [3.63, 3.8) is 0 Å². The number of pyridine rings is 1. The monoisotopic (exact) mass is 336 g/mol. The Bertz CT molecular complexity index is 618. The van der Waals surface area contributed by atoms with Crippen LogP contribution in [-0.4, -0.2) is 22.3 Å². The molecule has 0 aliphatic rings. The van der Waals surface area contributed by atoms with E-state index in [4.69, 9.17) is 0 Å². The van der Waals surface area contributed by atoms with Gasteiger partial charge in [-0.1, -0.05) is 18.2 Å². The SMILES string of the molecule is CCN(Cc1cccc(F)c1)C(=O)c1cccc(Br)n1. The van der Waals surface area contributed by atoms with Gasteiger partial charge >= 0.3 is 0 Å². The Hall–Kier alpha value is -1.75. The topological polar surface area (TPSA) is 33.2 Å². The molecule has 0 unspecified atom stereocenters. The van der Waals surface area contributed by atoms with Crippen LogP contribution in [0.15, 0.2) is 47.1 Å². The Morgan fingerprint density at radius 2 is 2.05 bits per heavy atom. The summed E-state index contributed by atoms with van der Waals surface area (Å²) in [7, 11) is 0. The van der Waals surface area contributed by atoms with Gasteiger partial charge in [-0.05, 0) is 52.7 Å². The second-order valence-corrected chi connectivity index (χ2v) is 5.11. The van der Waals surface area contributed by atoms with Crippen molar-refractivity contribution in [1.82, 2.24) is 9.88 Å². The standard InChI is InChI=1S/C15H14BrFN2O/c1-2-19(10-11-5-3-6-12(17)9-11)15(20)13-7-4-8-14(16)18-13/h3-9H,2,10H2,1H3. The number of amides is 1. The third kappa shape index (κ3) is 3.63. The molecule has 0 aliphatic carbocycles. The van der Waals surface area contributed by atoms with Gasteiger partial charge in [-0.25, -0.2) is 9.37 Å². The van der Waals surface area contributed by atoms with E-state index in [9.17, 15) is 9.18 Å². The Balaban J connectivity index is 2.18. The predicted molar refractivity (Wildman–Crippen MR) is 78.8 cm³/mol. The van der Waals surface area contributed by atoms with Gasteiger partial charge in [0.15, 0.2) is 0 Å². The summed E-state index contributed by atoms with van der Waals surface area (Å²) in [4.78, 5) is 18.1. The van der Waals surface area contributed by atoms with Crippen LogP contribution in [-0.2, 0) is 6.54 Å². The molecule has 104 valence electrons. The third-order valence-electron chi connectivity index (χ3n) is 2.87. The first-order valence-electron chi connectivity index (χ1n) is 6.26. The lowest BCUT2D eigenvalue weighted by atomic mass is 10.2. The molecule has 1 aromatic carbocycles. The fourth-order valence-corrected chi connectivity index (χ4v) is 2.22. The molecule has 0 N–H and O–H groups in total. The Morgan fingerprint density at radius 3 is 2.70 bits per heavy atom. The van der Waals surface area contributed by atoms with Crippen LogP contribution < -0.4 is 0 Å². The molecule has 5 heteroatoms. The van der Waals surface area contributed by atoms with Gasteiger partial charge in [0.05, 0.1) is 0 Å². The first-order valence-corrected chi connectivity index (χ1v) is 7.05. The Morgan fingerprint density at radius 1 is 1.30 bits per heavy atom. The van der Waals surface area contributed by atoms with Crippen molar-refractivity contribution in [2.75, 3.05) is 6.54 Å². The number of hydrogen-bond donors (Lipinski definition) is 0. The van der Waals surface area contributed by atoms with Crippen molar-refractivity contribution < 1.29 is 9.18 Å². The largest absolute Gasteiger partial charge is 0.333 e. The van der Waals surface area contributed by atoms with E-state index in [0.717, 1.165) is 5.56 Å². The molecule has 20 heavy (non-hydrogen) atoms. The lowest BCUT2D eigenvalue weighted by Crippen LogP contribution is -2.31. The number of carbonyl (C=O) groups is 1. The van der Waals surface area contributed by atoms with E-state index < -0.39 is 0 Å². The second kappa shape index (κ2) is 6.61. The molecule has 3 nitrogen and oxygen atoms in total.